The Labute approximate surface area is 172 Å². The summed E-state index contributed by atoms with van der Waals surface area (Å²) in [6.45, 7) is 2.79. The Hall–Kier alpha value is -0.200. The van der Waals surface area contributed by atoms with E-state index in [-0.39, 0.29) is 6.61 Å². The largest absolute Gasteiger partial charge is 0.388 e. The molecule has 28 heavy (non-hydrogen) atoms. The van der Waals surface area contributed by atoms with Crippen LogP contribution >= 0.6 is 0 Å². The van der Waals surface area contributed by atoms with Gasteiger partial charge in [0.15, 0.2) is 6.29 Å². The van der Waals surface area contributed by atoms with Gasteiger partial charge in [0.2, 0.25) is 0 Å². The normalized spacial score (nSPS) is 25.3. The number of rotatable bonds is 18. The number of ether oxygens (including phenoxy) is 2. The summed E-state index contributed by atoms with van der Waals surface area (Å²) in [4.78, 5) is 0. The molecule has 0 aromatic rings. The van der Waals surface area contributed by atoms with Crippen LogP contribution in [-0.4, -0.2) is 53.1 Å². The first kappa shape index (κ1) is 25.8. The van der Waals surface area contributed by atoms with Crippen LogP contribution in [0.15, 0.2) is 0 Å². The van der Waals surface area contributed by atoms with Gasteiger partial charge in [-0.15, -0.1) is 0 Å². The summed E-state index contributed by atoms with van der Waals surface area (Å²) in [5.41, 5.74) is 0. The Morgan fingerprint density at radius 2 is 1.07 bits per heavy atom. The van der Waals surface area contributed by atoms with Crippen molar-refractivity contribution >= 4 is 0 Å². The van der Waals surface area contributed by atoms with Gasteiger partial charge < -0.3 is 24.8 Å². The van der Waals surface area contributed by atoms with Crippen molar-refractivity contribution in [3.63, 3.8) is 0 Å². The van der Waals surface area contributed by atoms with Crippen LogP contribution in [-0.2, 0) is 9.47 Å². The van der Waals surface area contributed by atoms with Gasteiger partial charge in [0.25, 0.3) is 0 Å². The average Bonchev–Trinajstić information content (AvgIpc) is 2.70. The van der Waals surface area contributed by atoms with E-state index in [4.69, 9.17) is 9.47 Å². The maximum Gasteiger partial charge on any atom is 0.186 e. The summed E-state index contributed by atoms with van der Waals surface area (Å²) >= 11 is 0. The van der Waals surface area contributed by atoms with Crippen molar-refractivity contribution in [2.75, 3.05) is 13.2 Å². The van der Waals surface area contributed by atoms with E-state index in [2.05, 4.69) is 6.92 Å². The zero-order valence-corrected chi connectivity index (χ0v) is 18.2. The van der Waals surface area contributed by atoms with Crippen LogP contribution in [0, 0.1) is 0 Å². The molecule has 4 atom stereocenters. The third-order valence-corrected chi connectivity index (χ3v) is 5.73. The zero-order valence-electron chi connectivity index (χ0n) is 18.2. The molecule has 0 saturated carbocycles. The van der Waals surface area contributed by atoms with Crippen LogP contribution in [0.4, 0.5) is 0 Å². The van der Waals surface area contributed by atoms with Crippen molar-refractivity contribution in [1.29, 1.82) is 0 Å². The molecule has 1 heterocycles. The molecule has 0 spiro atoms. The molecule has 1 aliphatic heterocycles. The summed E-state index contributed by atoms with van der Waals surface area (Å²) in [7, 11) is 0. The quantitative estimate of drug-likeness (QED) is 0.290. The molecule has 0 radical (unpaired) electrons. The van der Waals surface area contributed by atoms with E-state index in [1.54, 1.807) is 0 Å². The fraction of sp³-hybridized carbons (Fsp3) is 1.00. The third-order valence-electron chi connectivity index (χ3n) is 5.73. The molecule has 3 N–H and O–H groups in total. The van der Waals surface area contributed by atoms with Gasteiger partial charge in [0.1, 0.15) is 18.3 Å². The number of unbranched alkanes of at least 4 members (excludes halogenated alkanes) is 15. The van der Waals surface area contributed by atoms with Crippen molar-refractivity contribution < 1.29 is 24.8 Å². The molecule has 0 aromatic carbocycles. The minimum atomic E-state index is -1.19. The molecule has 5 nitrogen and oxygen atoms in total. The van der Waals surface area contributed by atoms with Gasteiger partial charge in [0.05, 0.1) is 6.61 Å². The maximum absolute atomic E-state index is 9.78. The summed E-state index contributed by atoms with van der Waals surface area (Å²) in [5.74, 6) is 0. The van der Waals surface area contributed by atoms with E-state index in [0.717, 1.165) is 12.8 Å². The van der Waals surface area contributed by atoms with Crippen LogP contribution in [0.1, 0.15) is 110 Å². The molecular formula is C23H46O5. The van der Waals surface area contributed by atoms with E-state index in [1.165, 1.54) is 89.9 Å². The van der Waals surface area contributed by atoms with Crippen molar-refractivity contribution in [3.8, 4) is 0 Å². The van der Waals surface area contributed by atoms with Crippen LogP contribution in [0.3, 0.4) is 0 Å². The van der Waals surface area contributed by atoms with E-state index in [0.29, 0.717) is 6.61 Å². The van der Waals surface area contributed by atoms with Crippen molar-refractivity contribution in [3.05, 3.63) is 0 Å². The molecule has 0 aliphatic carbocycles. The molecule has 0 unspecified atom stereocenters. The fourth-order valence-corrected chi connectivity index (χ4v) is 3.78. The number of aliphatic hydroxyl groups is 3. The Morgan fingerprint density at radius 1 is 0.643 bits per heavy atom. The smallest absolute Gasteiger partial charge is 0.186 e. The molecule has 0 amide bonds. The molecule has 5 heteroatoms. The Bertz CT molecular complexity index is 339. The van der Waals surface area contributed by atoms with E-state index < -0.39 is 24.6 Å². The molecule has 1 rings (SSSR count). The number of aliphatic hydroxyl groups excluding tert-OH is 3. The molecule has 168 valence electrons. The van der Waals surface area contributed by atoms with Crippen LogP contribution < -0.4 is 0 Å². The maximum atomic E-state index is 9.78. The summed E-state index contributed by atoms with van der Waals surface area (Å²) in [6, 6.07) is 0. The van der Waals surface area contributed by atoms with Crippen LogP contribution in [0.25, 0.3) is 0 Å². The first-order valence-electron chi connectivity index (χ1n) is 11.9. The molecule has 1 saturated heterocycles. The predicted molar refractivity (Wildman–Crippen MR) is 113 cm³/mol. The SMILES string of the molecule is CCCCCCCCCCCCCCCCCCO[C@H]1OC[C@@H](O)[C@H](O)[C@H]1O. The van der Waals surface area contributed by atoms with Crippen molar-refractivity contribution in [2.45, 2.75) is 134 Å². The van der Waals surface area contributed by atoms with Gasteiger partial charge in [-0.25, -0.2) is 0 Å². The second kappa shape index (κ2) is 17.6. The summed E-state index contributed by atoms with van der Waals surface area (Å²) in [5, 5.41) is 28.8. The minimum Gasteiger partial charge on any atom is -0.388 e. The monoisotopic (exact) mass is 402 g/mol. The zero-order chi connectivity index (χ0) is 20.5. The molecule has 0 aromatic heterocycles. The van der Waals surface area contributed by atoms with Gasteiger partial charge in [0, 0.05) is 6.61 Å². The lowest BCUT2D eigenvalue weighted by Gasteiger charge is -2.34. The first-order valence-corrected chi connectivity index (χ1v) is 11.9. The summed E-state index contributed by atoms with van der Waals surface area (Å²) in [6.07, 6.45) is 17.1. The van der Waals surface area contributed by atoms with Gasteiger partial charge in [-0.2, -0.15) is 0 Å². The van der Waals surface area contributed by atoms with Gasteiger partial charge in [-0.05, 0) is 6.42 Å². The Balaban J connectivity index is 1.77. The van der Waals surface area contributed by atoms with Gasteiger partial charge >= 0.3 is 0 Å². The predicted octanol–water partition coefficient (Wildman–Crippen LogP) is 4.70. The lowest BCUT2D eigenvalue weighted by Crippen LogP contribution is -2.53. The lowest BCUT2D eigenvalue weighted by atomic mass is 10.0. The standard InChI is InChI=1S/C23H46O5/c1-2-3-4-5-6-7-8-9-10-11-12-13-14-15-16-17-18-27-23-22(26)21(25)20(24)19-28-23/h20-26H,2-19H2,1H3/t20-,21+,22-,23+/m1/s1. The highest BCUT2D eigenvalue weighted by Crippen LogP contribution is 2.17. The van der Waals surface area contributed by atoms with E-state index in [1.807, 2.05) is 0 Å². The van der Waals surface area contributed by atoms with Gasteiger partial charge in [-0.3, -0.25) is 0 Å². The van der Waals surface area contributed by atoms with Crippen molar-refractivity contribution in [1.82, 2.24) is 0 Å². The number of hydrogen-bond donors (Lipinski definition) is 3. The fourth-order valence-electron chi connectivity index (χ4n) is 3.78. The Morgan fingerprint density at radius 3 is 1.54 bits per heavy atom. The summed E-state index contributed by atoms with van der Waals surface area (Å²) < 4.78 is 10.7. The first-order chi connectivity index (χ1) is 13.7. The van der Waals surface area contributed by atoms with Crippen molar-refractivity contribution in [2.24, 2.45) is 0 Å². The third kappa shape index (κ3) is 12.4. The molecule has 0 bridgehead atoms. The highest BCUT2D eigenvalue weighted by molar-refractivity contribution is 4.82. The molecule has 1 fully saturated rings. The average molecular weight is 403 g/mol. The van der Waals surface area contributed by atoms with E-state index >= 15 is 0 Å². The lowest BCUT2D eigenvalue weighted by molar-refractivity contribution is -0.270. The highest BCUT2D eigenvalue weighted by atomic mass is 16.7. The second-order valence-corrected chi connectivity index (χ2v) is 8.42. The van der Waals surface area contributed by atoms with Gasteiger partial charge in [-0.1, -0.05) is 103 Å². The highest BCUT2D eigenvalue weighted by Gasteiger charge is 2.37. The topological polar surface area (TPSA) is 79.2 Å². The van der Waals surface area contributed by atoms with Crippen LogP contribution in [0.2, 0.25) is 0 Å². The Kier molecular flexibility index (Phi) is 16.3. The number of hydrogen-bond acceptors (Lipinski definition) is 5. The second-order valence-electron chi connectivity index (χ2n) is 8.42. The molecule has 1 aliphatic rings. The minimum absolute atomic E-state index is 0.00184. The van der Waals surface area contributed by atoms with E-state index in [9.17, 15) is 15.3 Å². The van der Waals surface area contributed by atoms with Crippen LogP contribution in [0.5, 0.6) is 0 Å². The molecular weight excluding hydrogens is 356 g/mol.